The zero-order valence-electron chi connectivity index (χ0n) is 34.0. The van der Waals surface area contributed by atoms with E-state index in [-0.39, 0.29) is 20.1 Å². The Balaban J connectivity index is 0.000000165. The molecule has 9 aromatic rings. The number of pyridine rings is 1. The molecule has 1 saturated carbocycles. The van der Waals surface area contributed by atoms with Gasteiger partial charge in [0.1, 0.15) is 5.58 Å². The SMILES string of the molecule is CC(C)c1c[c-]c(-c2cc(CC3CCCC3)c([Si](C)(C)C)cn2)cc1.[Ir].[c-]1ccc2c(oc3ccccc32)c1-c1nc2ccccc2n1-c1ccc2ccccc2c1. The van der Waals surface area contributed by atoms with Gasteiger partial charge in [-0.25, -0.2) is 0 Å². The van der Waals surface area contributed by atoms with Crippen molar-refractivity contribution in [2.24, 2.45) is 5.92 Å². The first-order valence-electron chi connectivity index (χ1n) is 20.5. The summed E-state index contributed by atoms with van der Waals surface area (Å²) in [6, 6.07) is 51.1. The number of rotatable bonds is 7. The molecule has 4 nitrogen and oxygen atoms in total. The number of aromatic nitrogens is 3. The molecule has 0 aliphatic heterocycles. The molecule has 1 aliphatic rings. The van der Waals surface area contributed by atoms with Crippen LogP contribution in [0.2, 0.25) is 19.6 Å². The number of nitrogens with zero attached hydrogens (tertiary/aromatic N) is 3. The van der Waals surface area contributed by atoms with Crippen LogP contribution in [0.3, 0.4) is 0 Å². The molecule has 1 fully saturated rings. The smallest absolute Gasteiger partial charge is 0.120 e. The fraction of sp³-hybridized carbons (Fsp3) is 0.231. The van der Waals surface area contributed by atoms with Gasteiger partial charge in [0.2, 0.25) is 0 Å². The number of benzene rings is 6. The van der Waals surface area contributed by atoms with Gasteiger partial charge in [-0.3, -0.25) is 4.98 Å². The van der Waals surface area contributed by atoms with Gasteiger partial charge in [-0.05, 0) is 64.3 Å². The van der Waals surface area contributed by atoms with E-state index >= 15 is 0 Å². The second-order valence-corrected chi connectivity index (χ2v) is 22.0. The fourth-order valence-corrected chi connectivity index (χ4v) is 10.2. The van der Waals surface area contributed by atoms with Gasteiger partial charge in [0, 0.05) is 37.4 Å². The molecular weight excluding hydrogens is 903 g/mol. The summed E-state index contributed by atoms with van der Waals surface area (Å²) in [5.41, 5.74) is 10.7. The minimum absolute atomic E-state index is 0. The molecule has 0 bridgehead atoms. The van der Waals surface area contributed by atoms with Crippen LogP contribution in [0, 0.1) is 18.1 Å². The molecular formula is C52H49IrN3OSi-2. The number of para-hydroxylation sites is 3. The molecule has 6 aromatic carbocycles. The number of imidazole rings is 1. The Kier molecular flexibility index (Phi) is 11.4. The summed E-state index contributed by atoms with van der Waals surface area (Å²) in [4.78, 5) is 9.86. The summed E-state index contributed by atoms with van der Waals surface area (Å²) < 4.78 is 8.52. The quantitative estimate of drug-likeness (QED) is 0.118. The molecule has 0 unspecified atom stereocenters. The maximum Gasteiger partial charge on any atom is 0.120 e. The predicted molar refractivity (Wildman–Crippen MR) is 241 cm³/mol. The van der Waals surface area contributed by atoms with Gasteiger partial charge in [0.15, 0.2) is 0 Å². The largest absolute Gasteiger partial charge is 0.501 e. The van der Waals surface area contributed by atoms with E-state index < -0.39 is 8.07 Å². The van der Waals surface area contributed by atoms with Crippen molar-refractivity contribution in [3.8, 4) is 28.3 Å². The molecule has 3 heterocycles. The van der Waals surface area contributed by atoms with Crippen molar-refractivity contribution in [3.63, 3.8) is 0 Å². The topological polar surface area (TPSA) is 43.9 Å². The molecule has 6 heteroatoms. The molecule has 58 heavy (non-hydrogen) atoms. The van der Waals surface area contributed by atoms with Crippen molar-refractivity contribution < 1.29 is 24.5 Å². The van der Waals surface area contributed by atoms with Crippen LogP contribution in [0.25, 0.3) is 72.1 Å². The summed E-state index contributed by atoms with van der Waals surface area (Å²) in [5, 5.41) is 6.13. The van der Waals surface area contributed by atoms with E-state index in [1.165, 1.54) is 48.4 Å². The predicted octanol–water partition coefficient (Wildman–Crippen LogP) is 13.5. The van der Waals surface area contributed by atoms with Crippen molar-refractivity contribution >= 4 is 57.0 Å². The van der Waals surface area contributed by atoms with Crippen LogP contribution < -0.4 is 5.19 Å². The number of furan rings is 1. The first-order valence-corrected chi connectivity index (χ1v) is 24.0. The molecule has 293 valence electrons. The molecule has 0 amide bonds. The maximum atomic E-state index is 6.31. The fourth-order valence-electron chi connectivity index (χ4n) is 8.60. The first kappa shape index (κ1) is 39.7. The van der Waals surface area contributed by atoms with Crippen LogP contribution in [-0.4, -0.2) is 22.6 Å². The third-order valence-electron chi connectivity index (χ3n) is 11.7. The van der Waals surface area contributed by atoms with Gasteiger partial charge in [-0.2, -0.15) is 0 Å². The van der Waals surface area contributed by atoms with E-state index in [2.05, 4.69) is 153 Å². The zero-order chi connectivity index (χ0) is 39.1. The van der Waals surface area contributed by atoms with Crippen LogP contribution in [-0.2, 0) is 26.5 Å². The van der Waals surface area contributed by atoms with Crippen LogP contribution >= 0.6 is 0 Å². The van der Waals surface area contributed by atoms with Crippen molar-refractivity contribution in [2.45, 2.75) is 71.5 Å². The second-order valence-electron chi connectivity index (χ2n) is 17.0. The molecule has 0 N–H and O–H groups in total. The molecule has 3 aromatic heterocycles. The molecule has 0 saturated heterocycles. The van der Waals surface area contributed by atoms with Gasteiger partial charge in [0.05, 0.1) is 30.5 Å². The van der Waals surface area contributed by atoms with Crippen LogP contribution in [0.1, 0.15) is 56.6 Å². The molecule has 1 radical (unpaired) electrons. The van der Waals surface area contributed by atoms with Gasteiger partial charge < -0.3 is 14.0 Å². The minimum Gasteiger partial charge on any atom is -0.501 e. The Morgan fingerprint density at radius 2 is 1.55 bits per heavy atom. The second kappa shape index (κ2) is 16.6. The van der Waals surface area contributed by atoms with Crippen LogP contribution in [0.15, 0.2) is 138 Å². The first-order chi connectivity index (χ1) is 27.7. The monoisotopic (exact) mass is 952 g/mol. The summed E-state index contributed by atoms with van der Waals surface area (Å²) in [5.74, 6) is 2.24. The van der Waals surface area contributed by atoms with Crippen molar-refractivity contribution in [2.75, 3.05) is 0 Å². The summed E-state index contributed by atoms with van der Waals surface area (Å²) in [6.45, 7) is 11.8. The number of hydrogen-bond donors (Lipinski definition) is 0. The zero-order valence-corrected chi connectivity index (χ0v) is 37.4. The van der Waals surface area contributed by atoms with Gasteiger partial charge >= 0.3 is 0 Å². The van der Waals surface area contributed by atoms with Crippen molar-refractivity contribution in [1.29, 1.82) is 0 Å². The Hall–Kier alpha value is -5.13. The van der Waals surface area contributed by atoms with Crippen LogP contribution in [0.4, 0.5) is 0 Å². The van der Waals surface area contributed by atoms with Gasteiger partial charge in [-0.1, -0.05) is 148 Å². The third kappa shape index (κ3) is 7.86. The average molecular weight is 952 g/mol. The van der Waals surface area contributed by atoms with Crippen molar-refractivity contribution in [1.82, 2.24) is 14.5 Å². The molecule has 1 aliphatic carbocycles. The van der Waals surface area contributed by atoms with E-state index in [0.717, 1.165) is 67.2 Å². The number of hydrogen-bond acceptors (Lipinski definition) is 3. The molecule has 0 spiro atoms. The Morgan fingerprint density at radius 1 is 0.793 bits per heavy atom. The van der Waals surface area contributed by atoms with Gasteiger partial charge in [0.25, 0.3) is 0 Å². The van der Waals surface area contributed by atoms with E-state index in [1.807, 2.05) is 30.3 Å². The van der Waals surface area contributed by atoms with Crippen LogP contribution in [0.5, 0.6) is 0 Å². The average Bonchev–Trinajstić information content (AvgIpc) is 3.98. The summed E-state index contributed by atoms with van der Waals surface area (Å²) in [6.07, 6.45) is 9.04. The summed E-state index contributed by atoms with van der Waals surface area (Å²) in [7, 11) is -1.37. The maximum absolute atomic E-state index is 6.31. The normalized spacial score (nSPS) is 13.3. The Morgan fingerprint density at radius 3 is 2.33 bits per heavy atom. The van der Waals surface area contributed by atoms with Gasteiger partial charge in [-0.15, -0.1) is 53.6 Å². The van der Waals surface area contributed by atoms with E-state index in [9.17, 15) is 0 Å². The van der Waals surface area contributed by atoms with Crippen molar-refractivity contribution in [3.05, 3.63) is 157 Å². The minimum atomic E-state index is -1.37. The standard InChI is InChI=1S/C29H17N2O.C23H32NSi.Ir/c1-2-9-20-18-21(17-16-19(20)8-1)31-26-14-5-4-13-25(26)30-29(31)24-12-7-11-23-22-10-3-6-15-27(22)32-28(23)24;1-17(2)19-10-12-20(13-11-19)22-15-21(14-18-8-6-7-9-18)23(16-24-22)25(3,4)5;/h1-11,13-18H;10-12,15-18H,6-9,14H2,1-5H3;/q2*-1;. The third-order valence-corrected chi connectivity index (χ3v) is 13.7. The molecule has 10 rings (SSSR count). The number of fused-ring (bicyclic) bond motifs is 5. The Labute approximate surface area is 356 Å². The van der Waals surface area contributed by atoms with E-state index in [0.29, 0.717) is 5.92 Å². The summed E-state index contributed by atoms with van der Waals surface area (Å²) >= 11 is 0. The van der Waals surface area contributed by atoms with E-state index in [1.54, 1.807) is 10.8 Å². The Bertz CT molecular complexity index is 2860. The molecule has 0 atom stereocenters. The van der Waals surface area contributed by atoms with E-state index in [4.69, 9.17) is 14.4 Å².